The van der Waals surface area contributed by atoms with Gasteiger partial charge in [0.15, 0.2) is 0 Å². The Labute approximate surface area is 141 Å². The molecule has 0 aliphatic heterocycles. The molecule has 0 radical (unpaired) electrons. The summed E-state index contributed by atoms with van der Waals surface area (Å²) in [4.78, 5) is 0. The lowest BCUT2D eigenvalue weighted by Gasteiger charge is -2.12. The molecular formula is C20H22N4. The fraction of sp³-hybridized carbons (Fsp3) is 0.300. The third-order valence-electron chi connectivity index (χ3n) is 4.88. The zero-order valence-corrected chi connectivity index (χ0v) is 14.4. The van der Waals surface area contributed by atoms with Gasteiger partial charge in [0, 0.05) is 35.1 Å². The molecule has 0 fully saturated rings. The number of hydrogen-bond donors (Lipinski definition) is 0. The highest BCUT2D eigenvalue weighted by Gasteiger charge is 2.14. The second kappa shape index (κ2) is 5.78. The van der Waals surface area contributed by atoms with E-state index in [1.54, 1.807) is 0 Å². The molecule has 2 aromatic heterocycles. The second-order valence-electron chi connectivity index (χ2n) is 6.47. The molecule has 2 heterocycles. The van der Waals surface area contributed by atoms with Crippen molar-refractivity contribution in [3.63, 3.8) is 0 Å². The van der Waals surface area contributed by atoms with Crippen molar-refractivity contribution in [2.75, 3.05) is 0 Å². The number of hydrogen-bond acceptors (Lipinski definition) is 2. The molecule has 4 rings (SSSR count). The third-order valence-corrected chi connectivity index (χ3v) is 4.88. The fourth-order valence-corrected chi connectivity index (χ4v) is 3.47. The predicted octanol–water partition coefficient (Wildman–Crippen LogP) is 4.48. The Morgan fingerprint density at radius 1 is 1.04 bits per heavy atom. The summed E-state index contributed by atoms with van der Waals surface area (Å²) in [6.07, 6.45) is 4.14. The van der Waals surface area contributed by atoms with Crippen LogP contribution in [0.5, 0.6) is 0 Å². The zero-order valence-electron chi connectivity index (χ0n) is 14.4. The van der Waals surface area contributed by atoms with E-state index in [-0.39, 0.29) is 6.04 Å². The molecule has 0 bridgehead atoms. The minimum Gasteiger partial charge on any atom is -0.344 e. The van der Waals surface area contributed by atoms with E-state index in [2.05, 4.69) is 84.4 Å². The monoisotopic (exact) mass is 318 g/mol. The molecule has 1 unspecified atom stereocenters. The molecule has 0 amide bonds. The number of aromatic nitrogens is 4. The van der Waals surface area contributed by atoms with Crippen LogP contribution in [0.1, 0.15) is 37.6 Å². The molecule has 4 aromatic rings. The molecule has 0 aliphatic rings. The number of para-hydroxylation sites is 1. The van der Waals surface area contributed by atoms with E-state index in [9.17, 15) is 0 Å². The van der Waals surface area contributed by atoms with Gasteiger partial charge in [0.25, 0.3) is 0 Å². The molecule has 24 heavy (non-hydrogen) atoms. The number of benzene rings is 2. The Hall–Kier alpha value is -2.62. The third kappa shape index (κ3) is 2.30. The molecule has 122 valence electrons. The van der Waals surface area contributed by atoms with E-state index in [0.717, 1.165) is 18.5 Å². The van der Waals surface area contributed by atoms with Gasteiger partial charge >= 0.3 is 0 Å². The first-order valence-corrected chi connectivity index (χ1v) is 8.57. The van der Waals surface area contributed by atoms with Gasteiger partial charge in [0.1, 0.15) is 0 Å². The van der Waals surface area contributed by atoms with Gasteiger partial charge in [0.05, 0.1) is 11.7 Å². The Bertz CT molecular complexity index is 1010. The number of aryl methyl sites for hydroxylation is 2. The van der Waals surface area contributed by atoms with Crippen molar-refractivity contribution in [2.24, 2.45) is 7.05 Å². The maximum Gasteiger partial charge on any atom is 0.0827 e. The smallest absolute Gasteiger partial charge is 0.0827 e. The normalized spacial score (nSPS) is 13.0. The Kier molecular flexibility index (Phi) is 3.60. The summed E-state index contributed by atoms with van der Waals surface area (Å²) < 4.78 is 4.23. The molecule has 1 atom stereocenters. The van der Waals surface area contributed by atoms with Crippen molar-refractivity contribution in [2.45, 2.75) is 32.7 Å². The topological polar surface area (TPSA) is 35.6 Å². The van der Waals surface area contributed by atoms with Gasteiger partial charge in [0.2, 0.25) is 0 Å². The van der Waals surface area contributed by atoms with Crippen LogP contribution in [0.3, 0.4) is 0 Å². The lowest BCUT2D eigenvalue weighted by atomic mass is 10.0. The second-order valence-corrected chi connectivity index (χ2v) is 6.47. The van der Waals surface area contributed by atoms with E-state index in [0.29, 0.717) is 0 Å². The van der Waals surface area contributed by atoms with Crippen molar-refractivity contribution >= 4 is 21.8 Å². The quantitative estimate of drug-likeness (QED) is 0.556. The van der Waals surface area contributed by atoms with Gasteiger partial charge < -0.3 is 4.57 Å². The Balaban J connectivity index is 1.80. The summed E-state index contributed by atoms with van der Waals surface area (Å²) in [5, 5.41) is 11.2. The first-order valence-electron chi connectivity index (χ1n) is 8.57. The number of nitrogens with zero attached hydrogens (tertiary/aromatic N) is 4. The van der Waals surface area contributed by atoms with E-state index >= 15 is 0 Å². The van der Waals surface area contributed by atoms with Crippen molar-refractivity contribution in [3.8, 4) is 0 Å². The molecule has 0 N–H and O–H groups in total. The summed E-state index contributed by atoms with van der Waals surface area (Å²) >= 11 is 0. The largest absolute Gasteiger partial charge is 0.344 e. The van der Waals surface area contributed by atoms with Gasteiger partial charge in [-0.3, -0.25) is 0 Å². The molecule has 2 aromatic carbocycles. The highest BCUT2D eigenvalue weighted by molar-refractivity contribution is 6.08. The van der Waals surface area contributed by atoms with Crippen molar-refractivity contribution in [3.05, 3.63) is 59.9 Å². The van der Waals surface area contributed by atoms with Gasteiger partial charge in [-0.25, -0.2) is 4.68 Å². The summed E-state index contributed by atoms with van der Waals surface area (Å²) in [7, 11) is 2.13. The van der Waals surface area contributed by atoms with Crippen LogP contribution in [0.15, 0.2) is 48.7 Å². The Morgan fingerprint density at radius 3 is 2.67 bits per heavy atom. The van der Waals surface area contributed by atoms with Gasteiger partial charge in [-0.1, -0.05) is 42.8 Å². The van der Waals surface area contributed by atoms with Crippen LogP contribution < -0.4 is 0 Å². The average molecular weight is 318 g/mol. The summed E-state index contributed by atoms with van der Waals surface area (Å²) in [6, 6.07) is 15.4. The zero-order chi connectivity index (χ0) is 16.7. The van der Waals surface area contributed by atoms with Crippen LogP contribution in [0, 0.1) is 0 Å². The SMILES string of the molecule is CCCc1cn(C(C)c2ccc3c(c2)c2ccccc2n3C)nn1. The number of rotatable bonds is 4. The fourth-order valence-electron chi connectivity index (χ4n) is 3.47. The maximum absolute atomic E-state index is 4.32. The standard InChI is InChI=1S/C20H22N4/c1-4-7-16-13-24(22-21-16)14(2)15-10-11-20-18(12-15)17-8-5-6-9-19(17)23(20)3/h5-6,8-14H,4,7H2,1-3H3. The van der Waals surface area contributed by atoms with Gasteiger partial charge in [-0.05, 0) is 37.1 Å². The van der Waals surface area contributed by atoms with E-state index < -0.39 is 0 Å². The molecule has 0 aliphatic carbocycles. The predicted molar refractivity (Wildman–Crippen MR) is 98.3 cm³/mol. The first kappa shape index (κ1) is 14.9. The molecule has 4 nitrogen and oxygen atoms in total. The van der Waals surface area contributed by atoms with E-state index in [1.807, 2.05) is 4.68 Å². The van der Waals surface area contributed by atoms with Crippen LogP contribution >= 0.6 is 0 Å². The number of fused-ring (bicyclic) bond motifs is 3. The van der Waals surface area contributed by atoms with Crippen LogP contribution in [-0.4, -0.2) is 19.6 Å². The molecule has 0 saturated carbocycles. The highest BCUT2D eigenvalue weighted by atomic mass is 15.4. The highest BCUT2D eigenvalue weighted by Crippen LogP contribution is 2.30. The van der Waals surface area contributed by atoms with Gasteiger partial charge in [-0.15, -0.1) is 5.10 Å². The van der Waals surface area contributed by atoms with Gasteiger partial charge in [-0.2, -0.15) is 0 Å². The van der Waals surface area contributed by atoms with Crippen molar-refractivity contribution < 1.29 is 0 Å². The maximum atomic E-state index is 4.32. The molecular weight excluding hydrogens is 296 g/mol. The van der Waals surface area contributed by atoms with Crippen LogP contribution in [0.25, 0.3) is 21.8 Å². The van der Waals surface area contributed by atoms with Crippen molar-refractivity contribution in [1.29, 1.82) is 0 Å². The summed E-state index contributed by atoms with van der Waals surface area (Å²) in [6.45, 7) is 4.34. The van der Waals surface area contributed by atoms with Crippen molar-refractivity contribution in [1.82, 2.24) is 19.6 Å². The lowest BCUT2D eigenvalue weighted by Crippen LogP contribution is -2.07. The van der Waals surface area contributed by atoms with Crippen LogP contribution in [0.2, 0.25) is 0 Å². The average Bonchev–Trinajstić information content (AvgIpc) is 3.19. The van der Waals surface area contributed by atoms with E-state index in [4.69, 9.17) is 0 Å². The van der Waals surface area contributed by atoms with E-state index in [1.165, 1.54) is 27.4 Å². The first-order chi connectivity index (χ1) is 11.7. The summed E-state index contributed by atoms with van der Waals surface area (Å²) in [5.74, 6) is 0. The lowest BCUT2D eigenvalue weighted by molar-refractivity contribution is 0.543. The molecule has 4 heteroatoms. The minimum atomic E-state index is 0.173. The Morgan fingerprint density at radius 2 is 1.83 bits per heavy atom. The minimum absolute atomic E-state index is 0.173. The molecule has 0 saturated heterocycles. The van der Waals surface area contributed by atoms with Crippen LogP contribution in [-0.2, 0) is 13.5 Å². The molecule has 0 spiro atoms. The van der Waals surface area contributed by atoms with Crippen LogP contribution in [0.4, 0.5) is 0 Å². The summed E-state index contributed by atoms with van der Waals surface area (Å²) in [5.41, 5.74) is 4.85.